The van der Waals surface area contributed by atoms with Crippen molar-refractivity contribution in [3.8, 4) is 6.07 Å². The topological polar surface area (TPSA) is 83.6 Å². The number of carbonyl (C=O) groups excluding carboxylic acids is 1. The minimum absolute atomic E-state index is 0.290. The van der Waals surface area contributed by atoms with Gasteiger partial charge in [0.05, 0.1) is 28.2 Å². The molecule has 1 N–H and O–H groups in total. The number of rotatable bonds is 3. The van der Waals surface area contributed by atoms with Crippen LogP contribution in [-0.2, 0) is 6.54 Å². The summed E-state index contributed by atoms with van der Waals surface area (Å²) in [6, 6.07) is 7.37. The Bertz CT molecular complexity index is 844. The van der Waals surface area contributed by atoms with Gasteiger partial charge in [0.15, 0.2) is 0 Å². The molecule has 104 valence electrons. The molecule has 0 aliphatic heterocycles. The average Bonchev–Trinajstić information content (AvgIpc) is 3.13. The number of imidazole rings is 1. The fourth-order valence-electron chi connectivity index (χ4n) is 2.11. The van der Waals surface area contributed by atoms with Gasteiger partial charge in [-0.15, -0.1) is 11.3 Å². The van der Waals surface area contributed by atoms with E-state index in [0.29, 0.717) is 29.3 Å². The molecule has 6 nitrogen and oxygen atoms in total. The van der Waals surface area contributed by atoms with Gasteiger partial charge in [-0.1, -0.05) is 0 Å². The number of thiazole rings is 1. The lowest BCUT2D eigenvalue weighted by molar-refractivity contribution is 0.102. The lowest BCUT2D eigenvalue weighted by Gasteiger charge is -2.06. The Morgan fingerprint density at radius 1 is 1.52 bits per heavy atom. The number of hydrogen-bond acceptors (Lipinski definition) is 5. The standard InChI is InChI=1S/C14H11N5OS/c1-2-19-12-4-3-9(6-15)5-10(12)17-14(19)18-13(20)11-7-21-8-16-11/h3-5,7-8H,2H2,1H3,(H,17,18,20). The number of aryl methyl sites for hydroxylation is 1. The predicted molar refractivity (Wildman–Crippen MR) is 80.2 cm³/mol. The Labute approximate surface area is 124 Å². The van der Waals surface area contributed by atoms with E-state index in [2.05, 4.69) is 21.4 Å². The molecule has 1 amide bonds. The SMILES string of the molecule is CCn1c(NC(=O)c2cscn2)nc2cc(C#N)ccc21. The van der Waals surface area contributed by atoms with Gasteiger partial charge in [-0.05, 0) is 25.1 Å². The van der Waals surface area contributed by atoms with E-state index in [9.17, 15) is 4.79 Å². The quantitative estimate of drug-likeness (QED) is 0.805. The molecule has 2 heterocycles. The molecule has 0 aliphatic carbocycles. The van der Waals surface area contributed by atoms with Crippen molar-refractivity contribution in [3.05, 3.63) is 40.3 Å². The first-order chi connectivity index (χ1) is 10.2. The molecule has 1 aromatic carbocycles. The fraction of sp³-hybridized carbons (Fsp3) is 0.143. The summed E-state index contributed by atoms with van der Waals surface area (Å²) in [6.07, 6.45) is 0. The minimum atomic E-state index is -0.290. The second-order valence-corrected chi connectivity index (χ2v) is 5.04. The number of hydrogen-bond donors (Lipinski definition) is 1. The summed E-state index contributed by atoms with van der Waals surface area (Å²) in [4.78, 5) is 20.4. The molecule has 0 saturated carbocycles. The van der Waals surface area contributed by atoms with Gasteiger partial charge in [0.1, 0.15) is 5.69 Å². The molecule has 3 rings (SSSR count). The van der Waals surface area contributed by atoms with E-state index in [1.165, 1.54) is 11.3 Å². The molecule has 0 atom stereocenters. The van der Waals surface area contributed by atoms with Gasteiger partial charge in [-0.2, -0.15) is 5.26 Å². The molecule has 0 radical (unpaired) electrons. The Morgan fingerprint density at radius 2 is 2.38 bits per heavy atom. The Kier molecular flexibility index (Phi) is 3.38. The van der Waals surface area contributed by atoms with Crippen LogP contribution < -0.4 is 5.32 Å². The number of nitrogens with zero attached hydrogens (tertiary/aromatic N) is 4. The Hall–Kier alpha value is -2.72. The second kappa shape index (κ2) is 5.34. The number of nitrogens with one attached hydrogen (secondary N) is 1. The smallest absolute Gasteiger partial charge is 0.277 e. The number of amides is 1. The first kappa shape index (κ1) is 13.3. The van der Waals surface area contributed by atoms with Crippen LogP contribution >= 0.6 is 11.3 Å². The van der Waals surface area contributed by atoms with Crippen molar-refractivity contribution in [1.29, 1.82) is 5.26 Å². The first-order valence-corrected chi connectivity index (χ1v) is 7.27. The number of anilines is 1. The number of fused-ring (bicyclic) bond motifs is 1. The second-order valence-electron chi connectivity index (χ2n) is 4.32. The molecule has 21 heavy (non-hydrogen) atoms. The van der Waals surface area contributed by atoms with Crippen LogP contribution in [0.1, 0.15) is 23.0 Å². The summed E-state index contributed by atoms with van der Waals surface area (Å²) in [5.74, 6) is 0.169. The van der Waals surface area contributed by atoms with Crippen molar-refractivity contribution in [3.63, 3.8) is 0 Å². The van der Waals surface area contributed by atoms with E-state index >= 15 is 0 Å². The highest BCUT2D eigenvalue weighted by Crippen LogP contribution is 2.21. The lowest BCUT2D eigenvalue weighted by Crippen LogP contribution is -2.16. The minimum Gasteiger partial charge on any atom is -0.310 e. The fourth-order valence-corrected chi connectivity index (χ4v) is 2.64. The molecule has 0 fully saturated rings. The van der Waals surface area contributed by atoms with Gasteiger partial charge in [-0.3, -0.25) is 10.1 Å². The molecule has 0 aliphatic rings. The van der Waals surface area contributed by atoms with Gasteiger partial charge in [0.2, 0.25) is 5.95 Å². The van der Waals surface area contributed by atoms with Crippen LogP contribution in [0.25, 0.3) is 11.0 Å². The Morgan fingerprint density at radius 3 is 3.05 bits per heavy atom. The summed E-state index contributed by atoms with van der Waals surface area (Å²) in [7, 11) is 0. The van der Waals surface area contributed by atoms with Crippen LogP contribution in [0.4, 0.5) is 5.95 Å². The highest BCUT2D eigenvalue weighted by molar-refractivity contribution is 7.07. The molecule has 0 saturated heterocycles. The highest BCUT2D eigenvalue weighted by atomic mass is 32.1. The molecule has 0 bridgehead atoms. The van der Waals surface area contributed by atoms with E-state index in [4.69, 9.17) is 5.26 Å². The molecule has 0 unspecified atom stereocenters. The molecule has 0 spiro atoms. The monoisotopic (exact) mass is 297 g/mol. The van der Waals surface area contributed by atoms with Crippen molar-refractivity contribution >= 4 is 34.2 Å². The molecule has 7 heteroatoms. The van der Waals surface area contributed by atoms with Crippen LogP contribution in [0.5, 0.6) is 0 Å². The van der Waals surface area contributed by atoms with E-state index in [-0.39, 0.29) is 5.91 Å². The molecule has 3 aromatic rings. The maximum absolute atomic E-state index is 12.1. The van der Waals surface area contributed by atoms with Gasteiger partial charge in [0, 0.05) is 11.9 Å². The summed E-state index contributed by atoms with van der Waals surface area (Å²) in [6.45, 7) is 2.63. The van der Waals surface area contributed by atoms with Crippen LogP contribution in [0.15, 0.2) is 29.1 Å². The van der Waals surface area contributed by atoms with Gasteiger partial charge >= 0.3 is 0 Å². The number of nitriles is 1. The largest absolute Gasteiger partial charge is 0.310 e. The van der Waals surface area contributed by atoms with E-state index < -0.39 is 0 Å². The maximum Gasteiger partial charge on any atom is 0.277 e. The molecule has 2 aromatic heterocycles. The summed E-state index contributed by atoms with van der Waals surface area (Å²) in [5, 5.41) is 13.4. The van der Waals surface area contributed by atoms with E-state index in [1.54, 1.807) is 23.0 Å². The average molecular weight is 297 g/mol. The van der Waals surface area contributed by atoms with Gasteiger partial charge < -0.3 is 4.57 Å². The number of benzene rings is 1. The zero-order chi connectivity index (χ0) is 14.8. The van der Waals surface area contributed by atoms with Crippen molar-refractivity contribution < 1.29 is 4.79 Å². The highest BCUT2D eigenvalue weighted by Gasteiger charge is 2.14. The van der Waals surface area contributed by atoms with E-state index in [0.717, 1.165) is 5.52 Å². The van der Waals surface area contributed by atoms with Crippen LogP contribution in [-0.4, -0.2) is 20.4 Å². The molecular formula is C14H11N5OS. The zero-order valence-electron chi connectivity index (χ0n) is 11.2. The number of carbonyl (C=O) groups is 1. The summed E-state index contributed by atoms with van der Waals surface area (Å²) >= 11 is 1.36. The third kappa shape index (κ3) is 2.37. The van der Waals surface area contributed by atoms with Gasteiger partial charge in [-0.25, -0.2) is 9.97 Å². The zero-order valence-corrected chi connectivity index (χ0v) is 12.0. The lowest BCUT2D eigenvalue weighted by atomic mass is 10.2. The van der Waals surface area contributed by atoms with Crippen molar-refractivity contribution in [1.82, 2.24) is 14.5 Å². The summed E-state index contributed by atoms with van der Waals surface area (Å²) < 4.78 is 1.89. The number of aromatic nitrogens is 3. The van der Waals surface area contributed by atoms with E-state index in [1.807, 2.05) is 17.6 Å². The van der Waals surface area contributed by atoms with Crippen molar-refractivity contribution in [2.45, 2.75) is 13.5 Å². The van der Waals surface area contributed by atoms with Gasteiger partial charge in [0.25, 0.3) is 5.91 Å². The van der Waals surface area contributed by atoms with Crippen molar-refractivity contribution in [2.24, 2.45) is 0 Å². The Balaban J connectivity index is 2.02. The third-order valence-corrected chi connectivity index (χ3v) is 3.67. The predicted octanol–water partition coefficient (Wildman–Crippen LogP) is 2.64. The first-order valence-electron chi connectivity index (χ1n) is 6.33. The molecular weight excluding hydrogens is 286 g/mol. The summed E-state index contributed by atoms with van der Waals surface area (Å²) in [5.41, 5.74) is 4.08. The third-order valence-electron chi connectivity index (χ3n) is 3.08. The van der Waals surface area contributed by atoms with Crippen LogP contribution in [0, 0.1) is 11.3 Å². The maximum atomic E-state index is 12.1. The van der Waals surface area contributed by atoms with Crippen LogP contribution in [0.3, 0.4) is 0 Å². The van der Waals surface area contributed by atoms with Crippen molar-refractivity contribution in [2.75, 3.05) is 5.32 Å². The van der Waals surface area contributed by atoms with Crippen LogP contribution in [0.2, 0.25) is 0 Å². The normalized spacial score (nSPS) is 10.5.